The molecule has 0 bridgehead atoms. The van der Waals surface area contributed by atoms with Crippen LogP contribution in [0.15, 0.2) is 0 Å². The molecule has 3 fully saturated rings. The van der Waals surface area contributed by atoms with Gasteiger partial charge in [0.2, 0.25) is 5.91 Å². The zero-order valence-corrected chi connectivity index (χ0v) is 18.0. The van der Waals surface area contributed by atoms with Crippen LogP contribution in [0.5, 0.6) is 0 Å². The van der Waals surface area contributed by atoms with Gasteiger partial charge in [0.25, 0.3) is 0 Å². The first-order valence-electron chi connectivity index (χ1n) is 10.7. The molecule has 3 saturated heterocycles. The van der Waals surface area contributed by atoms with Crippen molar-refractivity contribution < 1.29 is 14.3 Å². The molecular formula is C20H37N5O3. The van der Waals surface area contributed by atoms with Gasteiger partial charge >= 0.3 is 6.03 Å². The minimum Gasteiger partial charge on any atom is -0.373 e. The number of hydrogen-bond donors (Lipinski definition) is 0. The molecular weight excluding hydrogens is 358 g/mol. The molecule has 3 amide bonds. The Hall–Kier alpha value is -1.38. The molecule has 8 nitrogen and oxygen atoms in total. The van der Waals surface area contributed by atoms with E-state index in [1.165, 1.54) is 12.8 Å². The second-order valence-corrected chi connectivity index (χ2v) is 8.79. The molecule has 3 unspecified atom stereocenters. The van der Waals surface area contributed by atoms with Crippen LogP contribution < -0.4 is 0 Å². The zero-order chi connectivity index (χ0) is 20.3. The van der Waals surface area contributed by atoms with Crippen LogP contribution in [0, 0.1) is 0 Å². The van der Waals surface area contributed by atoms with Crippen LogP contribution in [0.25, 0.3) is 0 Å². The quantitative estimate of drug-likeness (QED) is 0.689. The van der Waals surface area contributed by atoms with Crippen LogP contribution in [0.2, 0.25) is 0 Å². The fraction of sp³-hybridized carbons (Fsp3) is 0.900. The summed E-state index contributed by atoms with van der Waals surface area (Å²) in [5.74, 6) is 0.201. The maximum atomic E-state index is 12.8. The van der Waals surface area contributed by atoms with E-state index >= 15 is 0 Å². The summed E-state index contributed by atoms with van der Waals surface area (Å²) >= 11 is 0. The van der Waals surface area contributed by atoms with Crippen LogP contribution >= 0.6 is 0 Å². The number of urea groups is 1. The standard InChI is InChI=1S/C20H37N5O3/c1-16-12-22(13-17(2)28-16)14-18-6-5-7-25(18)15-19(26)23-8-10-24(11-9-23)20(27)21(3)4/h16-18H,5-15H2,1-4H3. The van der Waals surface area contributed by atoms with Gasteiger partial charge in [-0.1, -0.05) is 0 Å². The Kier molecular flexibility index (Phi) is 7.17. The normalized spacial score (nSPS) is 29.9. The van der Waals surface area contributed by atoms with E-state index in [4.69, 9.17) is 4.74 Å². The maximum Gasteiger partial charge on any atom is 0.319 e. The maximum absolute atomic E-state index is 12.8. The molecule has 3 aliphatic heterocycles. The second-order valence-electron chi connectivity index (χ2n) is 8.79. The van der Waals surface area contributed by atoms with E-state index in [1.54, 1.807) is 19.0 Å². The molecule has 0 aromatic carbocycles. The van der Waals surface area contributed by atoms with E-state index in [9.17, 15) is 9.59 Å². The zero-order valence-electron chi connectivity index (χ0n) is 18.0. The van der Waals surface area contributed by atoms with Gasteiger partial charge in [-0.05, 0) is 33.2 Å². The van der Waals surface area contributed by atoms with E-state index in [0.717, 1.165) is 26.2 Å². The number of piperazine rings is 1. The predicted molar refractivity (Wildman–Crippen MR) is 108 cm³/mol. The number of morpholine rings is 1. The van der Waals surface area contributed by atoms with Crippen molar-refractivity contribution in [3.8, 4) is 0 Å². The number of hydrogen-bond acceptors (Lipinski definition) is 5. The van der Waals surface area contributed by atoms with Crippen molar-refractivity contribution in [1.29, 1.82) is 0 Å². The fourth-order valence-electron chi connectivity index (χ4n) is 4.75. The molecule has 0 spiro atoms. The number of rotatable bonds is 4. The van der Waals surface area contributed by atoms with E-state index < -0.39 is 0 Å². The molecule has 3 rings (SSSR count). The lowest BCUT2D eigenvalue weighted by atomic mass is 10.1. The molecule has 0 N–H and O–H groups in total. The Morgan fingerprint density at radius 2 is 1.57 bits per heavy atom. The average molecular weight is 396 g/mol. The van der Waals surface area contributed by atoms with Gasteiger partial charge in [-0.2, -0.15) is 0 Å². The predicted octanol–water partition coefficient (Wildman–Crippen LogP) is 0.386. The molecule has 0 aromatic heterocycles. The van der Waals surface area contributed by atoms with Crippen LogP contribution in [-0.4, -0.2) is 128 Å². The van der Waals surface area contributed by atoms with E-state index in [0.29, 0.717) is 38.8 Å². The number of likely N-dealkylation sites (tertiary alicyclic amines) is 1. The van der Waals surface area contributed by atoms with E-state index in [1.807, 2.05) is 9.80 Å². The molecule has 160 valence electrons. The van der Waals surface area contributed by atoms with Gasteiger partial charge in [-0.3, -0.25) is 14.6 Å². The largest absolute Gasteiger partial charge is 0.373 e. The van der Waals surface area contributed by atoms with Crippen LogP contribution in [0.3, 0.4) is 0 Å². The summed E-state index contributed by atoms with van der Waals surface area (Å²) in [4.78, 5) is 35.1. The van der Waals surface area contributed by atoms with Crippen molar-refractivity contribution in [2.24, 2.45) is 0 Å². The van der Waals surface area contributed by atoms with Crippen molar-refractivity contribution >= 4 is 11.9 Å². The minimum absolute atomic E-state index is 0.0284. The Morgan fingerprint density at radius 1 is 0.964 bits per heavy atom. The lowest BCUT2D eigenvalue weighted by Crippen LogP contribution is -2.55. The smallest absolute Gasteiger partial charge is 0.319 e. The summed E-state index contributed by atoms with van der Waals surface area (Å²) in [5.41, 5.74) is 0. The van der Waals surface area contributed by atoms with E-state index in [2.05, 4.69) is 23.6 Å². The molecule has 0 aromatic rings. The average Bonchev–Trinajstić information content (AvgIpc) is 3.06. The number of nitrogens with zero attached hydrogens (tertiary/aromatic N) is 5. The Labute approximate surface area is 169 Å². The van der Waals surface area contributed by atoms with Gasteiger partial charge in [-0.25, -0.2) is 4.79 Å². The Balaban J connectivity index is 1.46. The van der Waals surface area contributed by atoms with Crippen LogP contribution in [-0.2, 0) is 9.53 Å². The molecule has 3 atom stereocenters. The van der Waals surface area contributed by atoms with Gasteiger partial charge in [0, 0.05) is 66.0 Å². The lowest BCUT2D eigenvalue weighted by molar-refractivity contribution is -0.134. The van der Waals surface area contributed by atoms with Gasteiger partial charge in [-0.15, -0.1) is 0 Å². The summed E-state index contributed by atoms with van der Waals surface area (Å²) in [7, 11) is 3.53. The molecule has 0 saturated carbocycles. The minimum atomic E-state index is 0.0284. The summed E-state index contributed by atoms with van der Waals surface area (Å²) in [6.45, 7) is 11.3. The summed E-state index contributed by atoms with van der Waals surface area (Å²) in [5, 5.41) is 0. The highest BCUT2D eigenvalue weighted by atomic mass is 16.5. The number of ether oxygens (including phenoxy) is 1. The first-order valence-corrected chi connectivity index (χ1v) is 10.7. The van der Waals surface area contributed by atoms with Crippen molar-refractivity contribution in [1.82, 2.24) is 24.5 Å². The highest BCUT2D eigenvalue weighted by Gasteiger charge is 2.32. The van der Waals surface area contributed by atoms with Crippen molar-refractivity contribution in [2.75, 3.05) is 73.0 Å². The monoisotopic (exact) mass is 395 g/mol. The molecule has 3 aliphatic rings. The Morgan fingerprint density at radius 3 is 2.18 bits per heavy atom. The summed E-state index contributed by atoms with van der Waals surface area (Å²) in [6, 6.07) is 0.485. The molecule has 8 heteroatoms. The van der Waals surface area contributed by atoms with Crippen LogP contribution in [0.4, 0.5) is 4.79 Å². The van der Waals surface area contributed by atoms with E-state index in [-0.39, 0.29) is 24.1 Å². The summed E-state index contributed by atoms with van der Waals surface area (Å²) < 4.78 is 5.84. The second kappa shape index (κ2) is 9.41. The van der Waals surface area contributed by atoms with Gasteiger partial charge in [0.1, 0.15) is 0 Å². The van der Waals surface area contributed by atoms with Gasteiger partial charge in [0.05, 0.1) is 18.8 Å². The van der Waals surface area contributed by atoms with Crippen LogP contribution in [0.1, 0.15) is 26.7 Å². The van der Waals surface area contributed by atoms with Crippen molar-refractivity contribution in [3.05, 3.63) is 0 Å². The van der Waals surface area contributed by atoms with Gasteiger partial charge in [0.15, 0.2) is 0 Å². The summed E-state index contributed by atoms with van der Waals surface area (Å²) in [6.07, 6.45) is 2.89. The Bertz CT molecular complexity index is 540. The SMILES string of the molecule is CC1CN(CC2CCCN2CC(=O)N2CCN(C(=O)N(C)C)CC2)CC(C)O1. The molecule has 0 aliphatic carbocycles. The third kappa shape index (κ3) is 5.36. The first kappa shape index (κ1) is 21.3. The highest BCUT2D eigenvalue weighted by molar-refractivity contribution is 5.79. The topological polar surface area (TPSA) is 59.6 Å². The van der Waals surface area contributed by atoms with Crippen molar-refractivity contribution in [2.45, 2.75) is 44.9 Å². The third-order valence-corrected chi connectivity index (χ3v) is 6.09. The lowest BCUT2D eigenvalue weighted by Gasteiger charge is -2.39. The fourth-order valence-corrected chi connectivity index (χ4v) is 4.75. The highest BCUT2D eigenvalue weighted by Crippen LogP contribution is 2.21. The third-order valence-electron chi connectivity index (χ3n) is 6.09. The molecule has 0 radical (unpaired) electrons. The van der Waals surface area contributed by atoms with Gasteiger partial charge < -0.3 is 19.4 Å². The number of amides is 3. The number of carbonyl (C=O) groups is 2. The van der Waals surface area contributed by atoms with Crippen molar-refractivity contribution in [3.63, 3.8) is 0 Å². The number of carbonyl (C=O) groups excluding carboxylic acids is 2. The first-order chi connectivity index (χ1) is 13.3. The molecule has 28 heavy (non-hydrogen) atoms. The molecule has 3 heterocycles.